The van der Waals surface area contributed by atoms with E-state index in [0.717, 1.165) is 32.4 Å². The molecule has 2 saturated heterocycles. The van der Waals surface area contributed by atoms with Crippen LogP contribution in [0, 0.1) is 0 Å². The molecule has 0 aromatic heterocycles. The zero-order valence-electron chi connectivity index (χ0n) is 10.5. The monoisotopic (exact) mass is 272 g/mol. The van der Waals surface area contributed by atoms with Crippen LogP contribution in [0.5, 0.6) is 0 Å². The Kier molecular flexibility index (Phi) is 5.46. The summed E-state index contributed by atoms with van der Waals surface area (Å²) in [4.78, 5) is 24.4. The van der Waals surface area contributed by atoms with Gasteiger partial charge in [-0.1, -0.05) is 0 Å². The summed E-state index contributed by atoms with van der Waals surface area (Å²) in [6.07, 6.45) is 3.19. The molecule has 0 aromatic rings. The predicted molar refractivity (Wildman–Crippen MR) is 70.5 cm³/mol. The first-order valence-electron chi connectivity index (χ1n) is 6.50. The molecule has 2 rings (SSSR count). The molecular weight excluding hydrogens is 252 g/mol. The molecule has 0 radical (unpaired) electrons. The highest BCUT2D eigenvalue weighted by atomic mass is 32.2. The second-order valence-electron chi connectivity index (χ2n) is 4.61. The van der Waals surface area contributed by atoms with E-state index in [9.17, 15) is 9.59 Å². The van der Waals surface area contributed by atoms with Crippen LogP contribution in [0.1, 0.15) is 19.3 Å². The van der Waals surface area contributed by atoms with E-state index in [-0.39, 0.29) is 11.8 Å². The van der Waals surface area contributed by atoms with Gasteiger partial charge in [0.15, 0.2) is 0 Å². The molecule has 1 N–H and O–H groups in total. The number of ether oxygens (including phenoxy) is 1. The minimum atomic E-state index is -0.0573. The van der Waals surface area contributed by atoms with Crippen LogP contribution in [-0.4, -0.2) is 60.6 Å². The smallest absolute Gasteiger partial charge is 0.239 e. The molecular formula is C12H20N2O3S. The van der Waals surface area contributed by atoms with Crippen molar-refractivity contribution >= 4 is 23.6 Å². The summed E-state index contributed by atoms with van der Waals surface area (Å²) in [7, 11) is 0. The summed E-state index contributed by atoms with van der Waals surface area (Å²) in [6, 6.07) is 0. The summed E-state index contributed by atoms with van der Waals surface area (Å²) in [5, 5.41) is 3.29. The van der Waals surface area contributed by atoms with Gasteiger partial charge in [0.1, 0.15) is 0 Å². The van der Waals surface area contributed by atoms with E-state index >= 15 is 0 Å². The van der Waals surface area contributed by atoms with Crippen LogP contribution in [0.15, 0.2) is 0 Å². The van der Waals surface area contributed by atoms with E-state index in [2.05, 4.69) is 5.32 Å². The van der Waals surface area contributed by atoms with Crippen molar-refractivity contribution < 1.29 is 14.3 Å². The quantitative estimate of drug-likeness (QED) is 0.574. The Balaban J connectivity index is 1.62. The summed E-state index contributed by atoms with van der Waals surface area (Å²) < 4.78 is 5.75. The van der Waals surface area contributed by atoms with Gasteiger partial charge >= 0.3 is 0 Å². The molecule has 2 aliphatic rings. The topological polar surface area (TPSA) is 58.6 Å². The SMILES string of the molecule is O=C1CSCC(=O)N1CCCOC1CCNCC1. The Hall–Kier alpha value is -0.590. The minimum absolute atomic E-state index is 0.0573. The van der Waals surface area contributed by atoms with E-state index in [1.165, 1.54) is 16.7 Å². The Bertz CT molecular complexity index is 290. The van der Waals surface area contributed by atoms with Gasteiger partial charge < -0.3 is 10.1 Å². The zero-order chi connectivity index (χ0) is 12.8. The second kappa shape index (κ2) is 7.11. The van der Waals surface area contributed by atoms with Gasteiger partial charge in [-0.25, -0.2) is 0 Å². The maximum absolute atomic E-state index is 11.5. The number of rotatable bonds is 5. The van der Waals surface area contributed by atoms with Crippen molar-refractivity contribution in [1.29, 1.82) is 0 Å². The van der Waals surface area contributed by atoms with Crippen molar-refractivity contribution in [1.82, 2.24) is 10.2 Å². The highest BCUT2D eigenvalue weighted by Crippen LogP contribution is 2.13. The molecule has 102 valence electrons. The Morgan fingerprint density at radius 1 is 1.22 bits per heavy atom. The number of hydrogen-bond acceptors (Lipinski definition) is 5. The summed E-state index contributed by atoms with van der Waals surface area (Å²) in [6.45, 7) is 3.17. The lowest BCUT2D eigenvalue weighted by atomic mass is 10.1. The van der Waals surface area contributed by atoms with Crippen molar-refractivity contribution in [3.05, 3.63) is 0 Å². The fourth-order valence-corrected chi connectivity index (χ4v) is 2.97. The second-order valence-corrected chi connectivity index (χ2v) is 5.59. The molecule has 6 heteroatoms. The van der Waals surface area contributed by atoms with Crippen LogP contribution >= 0.6 is 11.8 Å². The lowest BCUT2D eigenvalue weighted by Crippen LogP contribution is -2.43. The maximum Gasteiger partial charge on any atom is 0.239 e. The van der Waals surface area contributed by atoms with Gasteiger partial charge in [-0.05, 0) is 32.4 Å². The standard InChI is InChI=1S/C12H20N2O3S/c15-11-8-18-9-12(16)14(11)6-1-7-17-10-2-4-13-5-3-10/h10,13H,1-9H2. The lowest BCUT2D eigenvalue weighted by Gasteiger charge is -2.26. The molecule has 2 fully saturated rings. The van der Waals surface area contributed by atoms with Crippen LogP contribution in [0.3, 0.4) is 0 Å². The van der Waals surface area contributed by atoms with Crippen LogP contribution in [-0.2, 0) is 14.3 Å². The van der Waals surface area contributed by atoms with E-state index in [1.807, 2.05) is 0 Å². The Morgan fingerprint density at radius 3 is 2.56 bits per heavy atom. The molecule has 5 nitrogen and oxygen atoms in total. The third-order valence-corrected chi connectivity index (χ3v) is 4.12. The molecule has 18 heavy (non-hydrogen) atoms. The number of nitrogens with one attached hydrogen (secondary N) is 1. The highest BCUT2D eigenvalue weighted by molar-refractivity contribution is 8.00. The van der Waals surface area contributed by atoms with E-state index < -0.39 is 0 Å². The predicted octanol–water partition coefficient (Wildman–Crippen LogP) is 0.247. The first-order valence-corrected chi connectivity index (χ1v) is 7.66. The van der Waals surface area contributed by atoms with Gasteiger partial charge in [-0.3, -0.25) is 14.5 Å². The summed E-state index contributed by atoms with van der Waals surface area (Å²) in [5.41, 5.74) is 0. The first-order chi connectivity index (χ1) is 8.77. The molecule has 2 aliphatic heterocycles. The number of nitrogens with zero attached hydrogens (tertiary/aromatic N) is 1. The van der Waals surface area contributed by atoms with E-state index in [4.69, 9.17) is 4.74 Å². The largest absolute Gasteiger partial charge is 0.378 e. The van der Waals surface area contributed by atoms with Gasteiger partial charge in [0.25, 0.3) is 0 Å². The van der Waals surface area contributed by atoms with Crippen LogP contribution in [0.25, 0.3) is 0 Å². The third kappa shape index (κ3) is 3.96. The molecule has 2 heterocycles. The van der Waals surface area contributed by atoms with Gasteiger partial charge in [-0.15, -0.1) is 11.8 Å². The molecule has 0 aliphatic carbocycles. The molecule has 0 saturated carbocycles. The lowest BCUT2D eigenvalue weighted by molar-refractivity contribution is -0.142. The highest BCUT2D eigenvalue weighted by Gasteiger charge is 2.25. The van der Waals surface area contributed by atoms with Gasteiger partial charge in [0.05, 0.1) is 17.6 Å². The number of hydrogen-bond donors (Lipinski definition) is 1. The zero-order valence-corrected chi connectivity index (χ0v) is 11.3. The molecule has 0 unspecified atom stereocenters. The average Bonchev–Trinajstić information content (AvgIpc) is 2.38. The number of carbonyl (C=O) groups excluding carboxylic acids is 2. The Morgan fingerprint density at radius 2 is 1.89 bits per heavy atom. The van der Waals surface area contributed by atoms with Crippen molar-refractivity contribution in [3.8, 4) is 0 Å². The summed E-state index contributed by atoms with van der Waals surface area (Å²) in [5.74, 6) is 0.748. The minimum Gasteiger partial charge on any atom is -0.378 e. The van der Waals surface area contributed by atoms with Crippen molar-refractivity contribution in [2.75, 3.05) is 37.7 Å². The van der Waals surface area contributed by atoms with Crippen molar-refractivity contribution in [2.45, 2.75) is 25.4 Å². The van der Waals surface area contributed by atoms with Crippen molar-refractivity contribution in [3.63, 3.8) is 0 Å². The normalized spacial score (nSPS) is 22.6. The number of carbonyl (C=O) groups is 2. The molecule has 0 atom stereocenters. The fourth-order valence-electron chi connectivity index (χ4n) is 2.20. The van der Waals surface area contributed by atoms with Crippen LogP contribution in [0.4, 0.5) is 0 Å². The number of thioether (sulfide) groups is 1. The number of piperidine rings is 1. The Labute approximate surface area is 112 Å². The summed E-state index contributed by atoms with van der Waals surface area (Å²) >= 11 is 1.40. The average molecular weight is 272 g/mol. The molecule has 2 amide bonds. The maximum atomic E-state index is 11.5. The first kappa shape index (κ1) is 13.8. The van der Waals surface area contributed by atoms with E-state index in [0.29, 0.717) is 30.8 Å². The van der Waals surface area contributed by atoms with Crippen LogP contribution in [0.2, 0.25) is 0 Å². The molecule has 0 bridgehead atoms. The fraction of sp³-hybridized carbons (Fsp3) is 0.833. The number of amides is 2. The van der Waals surface area contributed by atoms with E-state index in [1.54, 1.807) is 0 Å². The third-order valence-electron chi connectivity index (χ3n) is 3.22. The number of imide groups is 1. The molecule has 0 aromatic carbocycles. The van der Waals surface area contributed by atoms with Crippen molar-refractivity contribution in [2.24, 2.45) is 0 Å². The van der Waals surface area contributed by atoms with Gasteiger partial charge in [-0.2, -0.15) is 0 Å². The molecule has 0 spiro atoms. The van der Waals surface area contributed by atoms with Crippen LogP contribution < -0.4 is 5.32 Å². The van der Waals surface area contributed by atoms with Gasteiger partial charge in [0, 0.05) is 13.2 Å². The van der Waals surface area contributed by atoms with Gasteiger partial charge in [0.2, 0.25) is 11.8 Å².